The highest BCUT2D eigenvalue weighted by Gasteiger charge is 2.47. The number of hydrogen-bond acceptors (Lipinski definition) is 5. The lowest BCUT2D eigenvalue weighted by atomic mass is 10.1. The first-order valence-corrected chi connectivity index (χ1v) is 11.4. The second-order valence-electron chi connectivity index (χ2n) is 7.97. The van der Waals surface area contributed by atoms with Gasteiger partial charge in [-0.3, -0.25) is 0 Å². The van der Waals surface area contributed by atoms with Crippen LogP contribution in [-0.2, 0) is 16.2 Å². The van der Waals surface area contributed by atoms with Crippen molar-refractivity contribution >= 4 is 26.7 Å². The van der Waals surface area contributed by atoms with Gasteiger partial charge in [0.1, 0.15) is 11.6 Å². The fourth-order valence-corrected chi connectivity index (χ4v) is 6.06. The molecule has 2 unspecified atom stereocenters. The molecule has 0 amide bonds. The van der Waals surface area contributed by atoms with Crippen molar-refractivity contribution < 1.29 is 26.0 Å². The van der Waals surface area contributed by atoms with Crippen molar-refractivity contribution in [2.24, 2.45) is 5.92 Å². The van der Waals surface area contributed by atoms with Gasteiger partial charge in [0.2, 0.25) is 15.8 Å². The molecule has 168 valence electrons. The van der Waals surface area contributed by atoms with E-state index in [4.69, 9.17) is 0 Å². The molecule has 2 aliphatic heterocycles. The van der Waals surface area contributed by atoms with Crippen LogP contribution < -0.4 is 4.90 Å². The lowest BCUT2D eigenvalue weighted by molar-refractivity contribution is -0.144. The summed E-state index contributed by atoms with van der Waals surface area (Å²) in [5, 5.41) is 0.487. The first kappa shape index (κ1) is 21.1. The van der Waals surface area contributed by atoms with Crippen LogP contribution in [0.15, 0.2) is 53.4 Å². The fourth-order valence-electron chi connectivity index (χ4n) is 4.54. The van der Waals surface area contributed by atoms with Crippen molar-refractivity contribution in [3.05, 3.63) is 60.2 Å². The van der Waals surface area contributed by atoms with Gasteiger partial charge in [0, 0.05) is 31.1 Å². The smallest absolute Gasteiger partial charge is 0.351 e. The third-order valence-corrected chi connectivity index (χ3v) is 7.92. The Morgan fingerprint density at radius 2 is 1.69 bits per heavy atom. The summed E-state index contributed by atoms with van der Waals surface area (Å²) in [6.07, 6.45) is -4.08. The molecular formula is C21H18F4N4O2S. The van der Waals surface area contributed by atoms with Gasteiger partial charge in [-0.2, -0.15) is 17.5 Å². The standard InChI is InChI=1S/C21H18F4N4O2S/c22-14-5-7-15(8-6-14)32(30,31)28-11-13-9-10-29(18(13)12-28)19-16-3-1-2-4-17(16)26-20(27-19)21(23,24)25/h1-8,13,18H,9-12H2. The number of sulfonamides is 1. The molecule has 0 N–H and O–H groups in total. The predicted molar refractivity (Wildman–Crippen MR) is 109 cm³/mol. The SMILES string of the molecule is O=S(=O)(c1ccc(F)cc1)N1CC2CCN(c3nc(C(F)(F)F)nc4ccccc34)C2C1. The van der Waals surface area contributed by atoms with E-state index in [9.17, 15) is 26.0 Å². The molecular weight excluding hydrogens is 448 g/mol. The Morgan fingerprint density at radius 1 is 0.969 bits per heavy atom. The highest BCUT2D eigenvalue weighted by Crippen LogP contribution is 2.40. The van der Waals surface area contributed by atoms with Crippen LogP contribution in [-0.4, -0.2) is 48.4 Å². The first-order chi connectivity index (χ1) is 15.1. The van der Waals surface area contributed by atoms with E-state index < -0.39 is 27.8 Å². The molecule has 0 bridgehead atoms. The second kappa shape index (κ2) is 7.38. The minimum absolute atomic E-state index is 0.0164. The zero-order valence-electron chi connectivity index (χ0n) is 16.6. The highest BCUT2D eigenvalue weighted by atomic mass is 32.2. The molecule has 3 heterocycles. The number of anilines is 1. The normalized spacial score (nSPS) is 21.9. The molecule has 2 aliphatic rings. The van der Waals surface area contributed by atoms with E-state index >= 15 is 0 Å². The minimum Gasteiger partial charge on any atom is -0.351 e. The largest absolute Gasteiger partial charge is 0.451 e. The fraction of sp³-hybridized carbons (Fsp3) is 0.333. The van der Waals surface area contributed by atoms with Gasteiger partial charge < -0.3 is 4.90 Å². The Hall–Kier alpha value is -2.79. The molecule has 2 saturated heterocycles. The quantitative estimate of drug-likeness (QED) is 0.551. The number of rotatable bonds is 3. The van der Waals surface area contributed by atoms with Gasteiger partial charge in [-0.25, -0.2) is 22.8 Å². The van der Waals surface area contributed by atoms with E-state index in [-0.39, 0.29) is 41.3 Å². The van der Waals surface area contributed by atoms with E-state index in [1.165, 1.54) is 22.5 Å². The van der Waals surface area contributed by atoms with E-state index in [0.29, 0.717) is 18.4 Å². The molecule has 11 heteroatoms. The van der Waals surface area contributed by atoms with Gasteiger partial charge in [0.25, 0.3) is 0 Å². The number of halogens is 4. The lowest BCUT2D eigenvalue weighted by Gasteiger charge is -2.27. The van der Waals surface area contributed by atoms with Crippen LogP contribution in [0.25, 0.3) is 10.9 Å². The lowest BCUT2D eigenvalue weighted by Crippen LogP contribution is -2.38. The Morgan fingerprint density at radius 3 is 2.41 bits per heavy atom. The zero-order chi connectivity index (χ0) is 22.7. The molecule has 0 saturated carbocycles. The maximum atomic E-state index is 13.4. The van der Waals surface area contributed by atoms with E-state index in [2.05, 4.69) is 9.97 Å². The van der Waals surface area contributed by atoms with Crippen LogP contribution in [0, 0.1) is 11.7 Å². The number of para-hydroxylation sites is 1. The topological polar surface area (TPSA) is 66.4 Å². The van der Waals surface area contributed by atoms with Crippen molar-refractivity contribution in [3.63, 3.8) is 0 Å². The summed E-state index contributed by atoms with van der Waals surface area (Å²) in [5.41, 5.74) is 0.182. The van der Waals surface area contributed by atoms with Crippen LogP contribution in [0.3, 0.4) is 0 Å². The molecule has 2 fully saturated rings. The zero-order valence-corrected chi connectivity index (χ0v) is 17.4. The summed E-state index contributed by atoms with van der Waals surface area (Å²) in [5.74, 6) is -1.64. The number of alkyl halides is 3. The average molecular weight is 466 g/mol. The van der Waals surface area contributed by atoms with E-state index in [1.54, 1.807) is 23.1 Å². The maximum Gasteiger partial charge on any atom is 0.451 e. The molecule has 0 spiro atoms. The van der Waals surface area contributed by atoms with Gasteiger partial charge in [-0.05, 0) is 48.7 Å². The van der Waals surface area contributed by atoms with E-state index in [0.717, 1.165) is 12.1 Å². The predicted octanol–water partition coefficient (Wildman–Crippen LogP) is 3.69. The molecule has 1 aromatic heterocycles. The Bertz CT molecular complexity index is 1280. The average Bonchev–Trinajstić information content (AvgIpc) is 3.34. The van der Waals surface area contributed by atoms with Crippen molar-refractivity contribution in [1.82, 2.24) is 14.3 Å². The molecule has 5 rings (SSSR count). The summed E-state index contributed by atoms with van der Waals surface area (Å²) < 4.78 is 80.9. The van der Waals surface area contributed by atoms with Crippen molar-refractivity contribution in [2.45, 2.75) is 23.5 Å². The summed E-state index contributed by atoms with van der Waals surface area (Å²) in [6, 6.07) is 10.8. The van der Waals surface area contributed by atoms with Gasteiger partial charge in [-0.15, -0.1) is 0 Å². The molecule has 2 atom stereocenters. The number of nitrogens with zero attached hydrogens (tertiary/aromatic N) is 4. The summed E-state index contributed by atoms with van der Waals surface area (Å²) in [4.78, 5) is 9.27. The van der Waals surface area contributed by atoms with Gasteiger partial charge >= 0.3 is 6.18 Å². The summed E-state index contributed by atoms with van der Waals surface area (Å²) in [7, 11) is -3.85. The van der Waals surface area contributed by atoms with Gasteiger partial charge in [0.05, 0.1) is 10.4 Å². The van der Waals surface area contributed by atoms with Crippen LogP contribution in [0.4, 0.5) is 23.4 Å². The number of fused-ring (bicyclic) bond motifs is 2. The third-order valence-electron chi connectivity index (χ3n) is 6.07. The molecule has 6 nitrogen and oxygen atoms in total. The first-order valence-electron chi connectivity index (χ1n) is 10.0. The molecule has 32 heavy (non-hydrogen) atoms. The number of benzene rings is 2. The molecule has 3 aromatic rings. The summed E-state index contributed by atoms with van der Waals surface area (Å²) in [6.45, 7) is 0.831. The van der Waals surface area contributed by atoms with Crippen LogP contribution in [0.5, 0.6) is 0 Å². The van der Waals surface area contributed by atoms with Crippen molar-refractivity contribution in [3.8, 4) is 0 Å². The van der Waals surface area contributed by atoms with Crippen LogP contribution in [0.2, 0.25) is 0 Å². The highest BCUT2D eigenvalue weighted by molar-refractivity contribution is 7.89. The number of hydrogen-bond donors (Lipinski definition) is 0. The molecule has 0 radical (unpaired) electrons. The monoisotopic (exact) mass is 466 g/mol. The Labute approximate surface area is 181 Å². The van der Waals surface area contributed by atoms with E-state index in [1.807, 2.05) is 0 Å². The third kappa shape index (κ3) is 3.49. The molecule has 2 aromatic carbocycles. The van der Waals surface area contributed by atoms with Crippen LogP contribution in [0.1, 0.15) is 12.2 Å². The van der Waals surface area contributed by atoms with Crippen molar-refractivity contribution in [1.29, 1.82) is 0 Å². The Balaban J connectivity index is 1.50. The maximum absolute atomic E-state index is 13.4. The second-order valence-corrected chi connectivity index (χ2v) is 9.91. The molecule has 0 aliphatic carbocycles. The van der Waals surface area contributed by atoms with Crippen molar-refractivity contribution in [2.75, 3.05) is 24.5 Å². The Kier molecular flexibility index (Phi) is 4.86. The number of aromatic nitrogens is 2. The van der Waals surface area contributed by atoms with Crippen LogP contribution >= 0.6 is 0 Å². The van der Waals surface area contributed by atoms with Gasteiger partial charge in [-0.1, -0.05) is 12.1 Å². The van der Waals surface area contributed by atoms with Gasteiger partial charge in [0.15, 0.2) is 0 Å². The minimum atomic E-state index is -4.70. The summed E-state index contributed by atoms with van der Waals surface area (Å²) >= 11 is 0.